The quantitative estimate of drug-likeness (QED) is 0.831. The van der Waals surface area contributed by atoms with E-state index in [0.717, 1.165) is 31.4 Å². The third kappa shape index (κ3) is 1.55. The number of allylic oxidation sites excluding steroid dienone is 2. The Morgan fingerprint density at radius 1 is 1.11 bits per heavy atom. The fourth-order valence-corrected chi connectivity index (χ4v) is 3.08. The molecule has 2 unspecified atom stereocenters. The minimum Gasteiger partial charge on any atom is -0.505 e. The van der Waals surface area contributed by atoms with E-state index in [-0.39, 0.29) is 23.2 Å². The van der Waals surface area contributed by atoms with Crippen LogP contribution in [-0.4, -0.2) is 10.9 Å². The first-order valence-corrected chi connectivity index (χ1v) is 6.01. The Kier molecular flexibility index (Phi) is 2.47. The first kappa shape index (κ1) is 11.4. The maximum Gasteiger partial charge on any atom is 0.165 e. The maximum atomic E-state index is 13.8. The molecule has 0 radical (unpaired) electrons. The van der Waals surface area contributed by atoms with E-state index < -0.39 is 17.4 Å². The van der Waals surface area contributed by atoms with Crippen LogP contribution in [0.1, 0.15) is 24.8 Å². The van der Waals surface area contributed by atoms with Gasteiger partial charge in [-0.1, -0.05) is 6.42 Å². The lowest BCUT2D eigenvalue weighted by Gasteiger charge is -2.14. The van der Waals surface area contributed by atoms with Gasteiger partial charge in [0.15, 0.2) is 17.3 Å². The first-order chi connectivity index (χ1) is 8.58. The summed E-state index contributed by atoms with van der Waals surface area (Å²) in [5.74, 6) is -2.28. The zero-order chi connectivity index (χ0) is 12.9. The molecule has 18 heavy (non-hydrogen) atoms. The third-order valence-electron chi connectivity index (χ3n) is 3.93. The van der Waals surface area contributed by atoms with Gasteiger partial charge in [0.2, 0.25) is 0 Å². The van der Waals surface area contributed by atoms with Crippen LogP contribution in [0, 0.1) is 23.5 Å². The molecule has 0 bridgehead atoms. The highest BCUT2D eigenvalue weighted by molar-refractivity contribution is 6.04. The van der Waals surface area contributed by atoms with E-state index in [1.165, 1.54) is 6.08 Å². The molecule has 0 spiro atoms. The standard InChI is InChI=1S/C14H12F2O2/c15-11-6-14(18)12(16)4-10(11)9-5-13(17)8-3-1-2-7(8)9/h4-8,18H,1-3H2. The van der Waals surface area contributed by atoms with Gasteiger partial charge in [-0.2, -0.15) is 0 Å². The highest BCUT2D eigenvalue weighted by Gasteiger charge is 2.40. The molecule has 1 fully saturated rings. The van der Waals surface area contributed by atoms with Crippen molar-refractivity contribution in [3.05, 3.63) is 35.4 Å². The maximum absolute atomic E-state index is 13.8. The van der Waals surface area contributed by atoms with Gasteiger partial charge in [0.05, 0.1) is 0 Å². The molecule has 1 aromatic rings. The number of carbonyl (C=O) groups is 1. The van der Waals surface area contributed by atoms with Crippen LogP contribution in [0.15, 0.2) is 18.2 Å². The van der Waals surface area contributed by atoms with Crippen molar-refractivity contribution >= 4 is 11.4 Å². The van der Waals surface area contributed by atoms with Crippen molar-refractivity contribution in [2.24, 2.45) is 11.8 Å². The highest BCUT2D eigenvalue weighted by Crippen LogP contribution is 2.47. The topological polar surface area (TPSA) is 37.3 Å². The fourth-order valence-electron chi connectivity index (χ4n) is 3.08. The lowest BCUT2D eigenvalue weighted by Crippen LogP contribution is -2.10. The van der Waals surface area contributed by atoms with Crippen molar-refractivity contribution in [3.8, 4) is 5.75 Å². The number of halogens is 2. The first-order valence-electron chi connectivity index (χ1n) is 6.01. The van der Waals surface area contributed by atoms with Crippen LogP contribution in [-0.2, 0) is 4.79 Å². The van der Waals surface area contributed by atoms with Crippen LogP contribution in [0.3, 0.4) is 0 Å². The number of aromatic hydroxyl groups is 1. The van der Waals surface area contributed by atoms with Crippen molar-refractivity contribution in [2.75, 3.05) is 0 Å². The Labute approximate surface area is 103 Å². The van der Waals surface area contributed by atoms with Gasteiger partial charge in [0, 0.05) is 17.5 Å². The van der Waals surface area contributed by atoms with E-state index in [0.29, 0.717) is 5.57 Å². The summed E-state index contributed by atoms with van der Waals surface area (Å²) in [5, 5.41) is 9.11. The van der Waals surface area contributed by atoms with Gasteiger partial charge in [0.1, 0.15) is 5.82 Å². The Morgan fingerprint density at radius 2 is 1.83 bits per heavy atom. The average molecular weight is 250 g/mol. The van der Waals surface area contributed by atoms with E-state index >= 15 is 0 Å². The van der Waals surface area contributed by atoms with Crippen molar-refractivity contribution in [2.45, 2.75) is 19.3 Å². The molecule has 0 heterocycles. The molecule has 2 aliphatic rings. The lowest BCUT2D eigenvalue weighted by atomic mass is 9.90. The molecule has 0 amide bonds. The molecule has 94 valence electrons. The number of benzene rings is 1. The van der Waals surface area contributed by atoms with E-state index in [1.54, 1.807) is 0 Å². The number of hydrogen-bond acceptors (Lipinski definition) is 2. The minimum absolute atomic E-state index is 0.0101. The van der Waals surface area contributed by atoms with E-state index in [9.17, 15) is 13.6 Å². The molecule has 2 nitrogen and oxygen atoms in total. The van der Waals surface area contributed by atoms with Gasteiger partial charge in [-0.15, -0.1) is 0 Å². The number of hydrogen-bond donors (Lipinski definition) is 1. The summed E-state index contributed by atoms with van der Waals surface area (Å²) in [6, 6.07) is 1.74. The summed E-state index contributed by atoms with van der Waals surface area (Å²) in [7, 11) is 0. The number of rotatable bonds is 1. The van der Waals surface area contributed by atoms with Crippen LogP contribution in [0.5, 0.6) is 5.75 Å². The number of ketones is 1. The number of carbonyl (C=O) groups excluding carboxylic acids is 1. The summed E-state index contributed by atoms with van der Waals surface area (Å²) in [4.78, 5) is 11.8. The Hall–Kier alpha value is -1.71. The van der Waals surface area contributed by atoms with Crippen LogP contribution in [0.2, 0.25) is 0 Å². The van der Waals surface area contributed by atoms with Gasteiger partial charge in [-0.05, 0) is 36.5 Å². The van der Waals surface area contributed by atoms with Crippen molar-refractivity contribution < 1.29 is 18.7 Å². The zero-order valence-electron chi connectivity index (χ0n) is 9.62. The molecule has 1 saturated carbocycles. The normalized spacial score (nSPS) is 26.3. The molecule has 0 aromatic heterocycles. The van der Waals surface area contributed by atoms with Gasteiger partial charge in [-0.25, -0.2) is 8.78 Å². The predicted molar refractivity (Wildman–Crippen MR) is 61.8 cm³/mol. The average Bonchev–Trinajstić information content (AvgIpc) is 2.89. The zero-order valence-corrected chi connectivity index (χ0v) is 9.62. The van der Waals surface area contributed by atoms with E-state index in [4.69, 9.17) is 5.11 Å². The molecule has 2 atom stereocenters. The van der Waals surface area contributed by atoms with Gasteiger partial charge in [0.25, 0.3) is 0 Å². The summed E-state index contributed by atoms with van der Waals surface area (Å²) in [5.41, 5.74) is 0.687. The molecule has 2 aliphatic carbocycles. The summed E-state index contributed by atoms with van der Waals surface area (Å²) < 4.78 is 27.1. The third-order valence-corrected chi connectivity index (χ3v) is 3.93. The molecular formula is C14H12F2O2. The number of phenolic OH excluding ortho intramolecular Hbond substituents is 1. The Bertz CT molecular complexity index is 563. The Balaban J connectivity index is 2.08. The van der Waals surface area contributed by atoms with E-state index in [1.807, 2.05) is 0 Å². The molecule has 0 aliphatic heterocycles. The summed E-state index contributed by atoms with van der Waals surface area (Å²) >= 11 is 0. The van der Waals surface area contributed by atoms with Crippen LogP contribution in [0.25, 0.3) is 5.57 Å². The number of fused-ring (bicyclic) bond motifs is 1. The molecule has 1 aromatic carbocycles. The Morgan fingerprint density at radius 3 is 2.61 bits per heavy atom. The minimum atomic E-state index is -0.860. The van der Waals surface area contributed by atoms with Gasteiger partial charge in [-0.3, -0.25) is 4.79 Å². The SMILES string of the molecule is O=C1C=C(c2cc(F)c(O)cc2F)C2CCCC12. The van der Waals surface area contributed by atoms with E-state index in [2.05, 4.69) is 0 Å². The highest BCUT2D eigenvalue weighted by atomic mass is 19.1. The molecule has 3 rings (SSSR count). The second-order valence-electron chi connectivity index (χ2n) is 4.93. The van der Waals surface area contributed by atoms with Crippen molar-refractivity contribution in [1.82, 2.24) is 0 Å². The lowest BCUT2D eigenvalue weighted by molar-refractivity contribution is -0.117. The smallest absolute Gasteiger partial charge is 0.165 e. The fraction of sp³-hybridized carbons (Fsp3) is 0.357. The second kappa shape index (κ2) is 3.90. The molecular weight excluding hydrogens is 238 g/mol. The summed E-state index contributed by atoms with van der Waals surface area (Å²) in [6.45, 7) is 0. The number of phenols is 1. The largest absolute Gasteiger partial charge is 0.505 e. The van der Waals surface area contributed by atoms with Gasteiger partial charge < -0.3 is 5.11 Å². The van der Waals surface area contributed by atoms with Crippen LogP contribution >= 0.6 is 0 Å². The molecule has 1 N–H and O–H groups in total. The van der Waals surface area contributed by atoms with Crippen molar-refractivity contribution in [1.29, 1.82) is 0 Å². The van der Waals surface area contributed by atoms with Gasteiger partial charge >= 0.3 is 0 Å². The molecule has 4 heteroatoms. The van der Waals surface area contributed by atoms with Crippen LogP contribution < -0.4 is 0 Å². The second-order valence-corrected chi connectivity index (χ2v) is 4.93. The van der Waals surface area contributed by atoms with Crippen LogP contribution in [0.4, 0.5) is 8.78 Å². The summed E-state index contributed by atoms with van der Waals surface area (Å²) in [6.07, 6.45) is 4.04. The molecule has 0 saturated heterocycles. The monoisotopic (exact) mass is 250 g/mol. The van der Waals surface area contributed by atoms with Crippen molar-refractivity contribution in [3.63, 3.8) is 0 Å². The predicted octanol–water partition coefficient (Wildman–Crippen LogP) is 3.05.